The first-order chi connectivity index (χ1) is 8.74. The Labute approximate surface area is 118 Å². The zero-order chi connectivity index (χ0) is 12.5. The van der Waals surface area contributed by atoms with Crippen molar-refractivity contribution < 1.29 is 9.84 Å². The summed E-state index contributed by atoms with van der Waals surface area (Å²) < 4.78 is 6.64. The van der Waals surface area contributed by atoms with Gasteiger partial charge in [0.25, 0.3) is 0 Å². The summed E-state index contributed by atoms with van der Waals surface area (Å²) in [6.07, 6.45) is 2.15. The maximum Gasteiger partial charge on any atom is 0.119 e. The molecule has 1 aromatic carbocycles. The number of hydrogen-bond donors (Lipinski definition) is 1. The zero-order valence-corrected chi connectivity index (χ0v) is 12.1. The molecular weight excluding hydrogens is 312 g/mol. The molecule has 4 heteroatoms. The third-order valence-electron chi connectivity index (χ3n) is 2.92. The van der Waals surface area contributed by atoms with E-state index < -0.39 is 6.10 Å². The van der Waals surface area contributed by atoms with Crippen LogP contribution in [-0.2, 0) is 0 Å². The van der Waals surface area contributed by atoms with E-state index in [1.165, 1.54) is 0 Å². The van der Waals surface area contributed by atoms with Gasteiger partial charge < -0.3 is 9.84 Å². The van der Waals surface area contributed by atoms with Gasteiger partial charge in [-0.25, -0.2) is 0 Å². The van der Waals surface area contributed by atoms with Gasteiger partial charge in [-0.3, -0.25) is 0 Å². The van der Waals surface area contributed by atoms with E-state index in [-0.39, 0.29) is 0 Å². The van der Waals surface area contributed by atoms with Crippen LogP contribution in [0.3, 0.4) is 0 Å². The number of ether oxygens (including phenoxy) is 1. The molecule has 1 unspecified atom stereocenters. The van der Waals surface area contributed by atoms with Gasteiger partial charge in [-0.2, -0.15) is 0 Å². The number of benzene rings is 1. The fourth-order valence-corrected chi connectivity index (χ4v) is 3.36. The lowest BCUT2D eigenvalue weighted by atomic mass is 10.1. The minimum Gasteiger partial charge on any atom is -0.490 e. The predicted octanol–water partition coefficient (Wildman–Crippen LogP) is 4.13. The monoisotopic (exact) mass is 324 g/mol. The molecule has 1 aliphatic rings. The van der Waals surface area contributed by atoms with Gasteiger partial charge in [-0.05, 0) is 57.9 Å². The van der Waals surface area contributed by atoms with E-state index in [1.54, 1.807) is 11.3 Å². The molecule has 1 N–H and O–H groups in total. The van der Waals surface area contributed by atoms with Crippen LogP contribution in [0.1, 0.15) is 29.4 Å². The number of halogens is 1. The van der Waals surface area contributed by atoms with Crippen molar-refractivity contribution >= 4 is 27.3 Å². The zero-order valence-electron chi connectivity index (χ0n) is 9.67. The van der Waals surface area contributed by atoms with Crippen molar-refractivity contribution in [3.8, 4) is 5.75 Å². The van der Waals surface area contributed by atoms with Crippen molar-refractivity contribution in [2.75, 3.05) is 0 Å². The van der Waals surface area contributed by atoms with Gasteiger partial charge in [0.2, 0.25) is 0 Å². The van der Waals surface area contributed by atoms with Gasteiger partial charge in [-0.1, -0.05) is 12.1 Å². The second kappa shape index (κ2) is 5.03. The molecule has 1 aromatic heterocycles. The standard InChI is InChI=1S/C14H13BrO2S/c15-12-7-8-18-14(12)13(16)9-1-3-10(4-2-9)17-11-5-6-11/h1-4,7-8,11,13,16H,5-6H2. The van der Waals surface area contributed by atoms with Gasteiger partial charge in [0.05, 0.1) is 11.0 Å². The predicted molar refractivity (Wildman–Crippen MR) is 76.2 cm³/mol. The summed E-state index contributed by atoms with van der Waals surface area (Å²) in [4.78, 5) is 0.936. The lowest BCUT2D eigenvalue weighted by Crippen LogP contribution is -1.99. The molecule has 1 atom stereocenters. The number of aliphatic hydroxyl groups is 1. The molecule has 0 aliphatic heterocycles. The molecule has 0 bridgehead atoms. The van der Waals surface area contributed by atoms with Gasteiger partial charge in [0, 0.05) is 4.47 Å². The van der Waals surface area contributed by atoms with E-state index in [1.807, 2.05) is 35.7 Å². The Hall–Kier alpha value is -0.840. The van der Waals surface area contributed by atoms with Crippen molar-refractivity contribution in [3.05, 3.63) is 50.6 Å². The molecule has 0 amide bonds. The second-order valence-electron chi connectivity index (χ2n) is 4.42. The maximum absolute atomic E-state index is 10.3. The smallest absolute Gasteiger partial charge is 0.119 e. The fraction of sp³-hybridized carbons (Fsp3) is 0.286. The number of hydrogen-bond acceptors (Lipinski definition) is 3. The van der Waals surface area contributed by atoms with E-state index >= 15 is 0 Å². The maximum atomic E-state index is 10.3. The molecule has 1 saturated carbocycles. The average molecular weight is 325 g/mol. The van der Waals surface area contributed by atoms with Crippen LogP contribution in [0.2, 0.25) is 0 Å². The summed E-state index contributed by atoms with van der Waals surface area (Å²) in [6, 6.07) is 9.66. The number of aliphatic hydroxyl groups excluding tert-OH is 1. The Morgan fingerprint density at radius 3 is 2.50 bits per heavy atom. The average Bonchev–Trinajstić information content (AvgIpc) is 3.09. The van der Waals surface area contributed by atoms with E-state index in [0.717, 1.165) is 33.5 Å². The SMILES string of the molecule is OC(c1ccc(OC2CC2)cc1)c1sccc1Br. The van der Waals surface area contributed by atoms with E-state index in [4.69, 9.17) is 4.74 Å². The number of thiophene rings is 1. The van der Waals surface area contributed by atoms with Gasteiger partial charge in [0.1, 0.15) is 11.9 Å². The molecule has 0 spiro atoms. The van der Waals surface area contributed by atoms with E-state index in [2.05, 4.69) is 15.9 Å². The lowest BCUT2D eigenvalue weighted by Gasteiger charge is -2.11. The van der Waals surface area contributed by atoms with Gasteiger partial charge in [0.15, 0.2) is 0 Å². The highest BCUT2D eigenvalue weighted by Gasteiger charge is 2.23. The summed E-state index contributed by atoms with van der Waals surface area (Å²) in [5, 5.41) is 12.3. The molecule has 0 saturated heterocycles. The minimum absolute atomic E-state index is 0.409. The third-order valence-corrected chi connectivity index (χ3v) is 4.84. The number of rotatable bonds is 4. The summed E-state index contributed by atoms with van der Waals surface area (Å²) in [5.41, 5.74) is 0.890. The summed E-state index contributed by atoms with van der Waals surface area (Å²) in [6.45, 7) is 0. The van der Waals surface area contributed by atoms with Crippen molar-refractivity contribution in [2.24, 2.45) is 0 Å². The Bertz CT molecular complexity index is 531. The van der Waals surface area contributed by atoms with E-state index in [0.29, 0.717) is 6.10 Å². The molecule has 1 heterocycles. The minimum atomic E-state index is -0.575. The van der Waals surface area contributed by atoms with Crippen molar-refractivity contribution in [1.82, 2.24) is 0 Å². The van der Waals surface area contributed by atoms with Crippen LogP contribution in [0.4, 0.5) is 0 Å². The van der Waals surface area contributed by atoms with Crippen molar-refractivity contribution in [1.29, 1.82) is 0 Å². The Balaban J connectivity index is 1.77. The first kappa shape index (κ1) is 12.2. The van der Waals surface area contributed by atoms with Gasteiger partial charge in [-0.15, -0.1) is 11.3 Å². The van der Waals surface area contributed by atoms with Crippen LogP contribution in [0.15, 0.2) is 40.2 Å². The van der Waals surface area contributed by atoms with Crippen LogP contribution >= 0.6 is 27.3 Å². The highest BCUT2D eigenvalue weighted by Crippen LogP contribution is 2.34. The molecule has 1 fully saturated rings. The molecule has 2 nitrogen and oxygen atoms in total. The summed E-state index contributed by atoms with van der Waals surface area (Å²) in [5.74, 6) is 0.888. The summed E-state index contributed by atoms with van der Waals surface area (Å²) >= 11 is 4.99. The molecule has 18 heavy (non-hydrogen) atoms. The lowest BCUT2D eigenvalue weighted by molar-refractivity contribution is 0.223. The van der Waals surface area contributed by atoms with Crippen LogP contribution in [0.5, 0.6) is 5.75 Å². The van der Waals surface area contributed by atoms with Crippen LogP contribution in [0.25, 0.3) is 0 Å². The Morgan fingerprint density at radius 1 is 1.22 bits per heavy atom. The quantitative estimate of drug-likeness (QED) is 0.916. The Morgan fingerprint density at radius 2 is 1.94 bits per heavy atom. The van der Waals surface area contributed by atoms with Gasteiger partial charge >= 0.3 is 0 Å². The molecule has 2 aromatic rings. The summed E-state index contributed by atoms with van der Waals surface area (Å²) in [7, 11) is 0. The largest absolute Gasteiger partial charge is 0.490 e. The first-order valence-electron chi connectivity index (χ1n) is 5.91. The van der Waals surface area contributed by atoms with Crippen LogP contribution in [-0.4, -0.2) is 11.2 Å². The molecule has 94 valence electrons. The van der Waals surface area contributed by atoms with E-state index in [9.17, 15) is 5.11 Å². The first-order valence-corrected chi connectivity index (χ1v) is 7.59. The highest BCUT2D eigenvalue weighted by molar-refractivity contribution is 9.10. The molecule has 0 radical (unpaired) electrons. The second-order valence-corrected chi connectivity index (χ2v) is 6.22. The molecule has 1 aliphatic carbocycles. The normalized spacial score (nSPS) is 16.6. The van der Waals surface area contributed by atoms with Crippen LogP contribution < -0.4 is 4.74 Å². The Kier molecular flexibility index (Phi) is 3.41. The van der Waals surface area contributed by atoms with Crippen molar-refractivity contribution in [3.63, 3.8) is 0 Å². The van der Waals surface area contributed by atoms with Crippen molar-refractivity contribution in [2.45, 2.75) is 25.0 Å². The topological polar surface area (TPSA) is 29.5 Å². The molecule has 3 rings (SSSR count). The highest BCUT2D eigenvalue weighted by atomic mass is 79.9. The van der Waals surface area contributed by atoms with Crippen LogP contribution in [0, 0.1) is 0 Å². The third kappa shape index (κ3) is 2.60. The fourth-order valence-electron chi connectivity index (χ4n) is 1.76. The molecular formula is C14H13BrO2S.